The van der Waals surface area contributed by atoms with Gasteiger partial charge in [-0.25, -0.2) is 0 Å². The minimum absolute atomic E-state index is 0.00592. The van der Waals surface area contributed by atoms with Crippen LogP contribution in [0.5, 0.6) is 0 Å². The van der Waals surface area contributed by atoms with Crippen LogP contribution < -0.4 is 5.32 Å². The zero-order valence-electron chi connectivity index (χ0n) is 19.3. The maximum absolute atomic E-state index is 13.1. The van der Waals surface area contributed by atoms with Gasteiger partial charge in [-0.1, -0.05) is 49.3 Å². The second-order valence-corrected chi connectivity index (χ2v) is 7.90. The molecule has 0 saturated heterocycles. The van der Waals surface area contributed by atoms with Gasteiger partial charge in [-0.15, -0.1) is 0 Å². The van der Waals surface area contributed by atoms with E-state index in [4.69, 9.17) is 4.52 Å². The van der Waals surface area contributed by atoms with Crippen molar-refractivity contribution in [2.75, 3.05) is 31.5 Å². The second kappa shape index (κ2) is 12.9. The molecule has 0 spiro atoms. The molecule has 1 heterocycles. The number of amides is 2. The molecule has 170 valence electrons. The smallest absolute Gasteiger partial charge is 0.245 e. The van der Waals surface area contributed by atoms with Crippen molar-refractivity contribution in [3.63, 3.8) is 0 Å². The summed E-state index contributed by atoms with van der Waals surface area (Å²) >= 11 is 0. The van der Waals surface area contributed by atoms with Crippen LogP contribution in [0, 0.1) is 6.92 Å². The number of nitrogens with one attached hydrogen (secondary N) is 1. The van der Waals surface area contributed by atoms with Crippen molar-refractivity contribution in [3.8, 4) is 0 Å². The number of hydrogen-bond donors (Lipinski definition) is 1. The predicted molar refractivity (Wildman–Crippen MR) is 123 cm³/mol. The SMILES string of the molecule is CCN(CC)CCCC(C)N(CC(=O)Nc1cc(C)on1)C(=O)CCc1ccccc1. The fourth-order valence-electron chi connectivity index (χ4n) is 3.60. The van der Waals surface area contributed by atoms with Crippen molar-refractivity contribution in [2.24, 2.45) is 0 Å². The van der Waals surface area contributed by atoms with Gasteiger partial charge in [0.15, 0.2) is 5.82 Å². The van der Waals surface area contributed by atoms with Crippen LogP contribution >= 0.6 is 0 Å². The molecule has 31 heavy (non-hydrogen) atoms. The maximum atomic E-state index is 13.1. The molecule has 0 aliphatic rings. The summed E-state index contributed by atoms with van der Waals surface area (Å²) in [5.41, 5.74) is 1.12. The molecule has 1 aromatic carbocycles. The summed E-state index contributed by atoms with van der Waals surface area (Å²) in [5.74, 6) is 0.715. The summed E-state index contributed by atoms with van der Waals surface area (Å²) in [5, 5.41) is 6.52. The molecule has 0 fully saturated rings. The molecular formula is C24H36N4O3. The first-order chi connectivity index (χ1) is 14.9. The van der Waals surface area contributed by atoms with Crippen molar-refractivity contribution < 1.29 is 14.1 Å². The quantitative estimate of drug-likeness (QED) is 0.524. The first-order valence-electron chi connectivity index (χ1n) is 11.2. The van der Waals surface area contributed by atoms with E-state index in [2.05, 4.69) is 29.2 Å². The Balaban J connectivity index is 1.98. The minimum Gasteiger partial charge on any atom is -0.360 e. The van der Waals surface area contributed by atoms with E-state index >= 15 is 0 Å². The Morgan fingerprint density at radius 2 is 1.87 bits per heavy atom. The number of carbonyl (C=O) groups excluding carboxylic acids is 2. The van der Waals surface area contributed by atoms with Gasteiger partial charge in [0.05, 0.1) is 0 Å². The van der Waals surface area contributed by atoms with Crippen molar-refractivity contribution in [1.82, 2.24) is 15.0 Å². The number of benzene rings is 1. The number of carbonyl (C=O) groups is 2. The molecule has 2 rings (SSSR count). The number of hydrogen-bond acceptors (Lipinski definition) is 5. The number of aromatic nitrogens is 1. The lowest BCUT2D eigenvalue weighted by Crippen LogP contribution is -2.44. The molecule has 0 aliphatic heterocycles. The highest BCUT2D eigenvalue weighted by Crippen LogP contribution is 2.13. The third kappa shape index (κ3) is 8.53. The summed E-state index contributed by atoms with van der Waals surface area (Å²) in [7, 11) is 0. The molecule has 0 radical (unpaired) electrons. The molecule has 1 N–H and O–H groups in total. The zero-order chi connectivity index (χ0) is 22.6. The zero-order valence-corrected chi connectivity index (χ0v) is 19.3. The Kier molecular flexibility index (Phi) is 10.2. The molecule has 0 saturated carbocycles. The summed E-state index contributed by atoms with van der Waals surface area (Å²) in [4.78, 5) is 29.7. The highest BCUT2D eigenvalue weighted by atomic mass is 16.5. The van der Waals surface area contributed by atoms with Gasteiger partial charge in [0, 0.05) is 18.5 Å². The molecule has 1 atom stereocenters. The standard InChI is InChI=1S/C24H36N4O3/c1-5-27(6-2)16-10-11-19(3)28(18-23(29)25-22-17-20(4)31-26-22)24(30)15-14-21-12-8-7-9-13-21/h7-9,12-13,17,19H,5-6,10-11,14-16,18H2,1-4H3,(H,25,26,29). The molecule has 2 amide bonds. The van der Waals surface area contributed by atoms with Gasteiger partial charge in [0.25, 0.3) is 0 Å². The van der Waals surface area contributed by atoms with Crippen molar-refractivity contribution >= 4 is 17.6 Å². The van der Waals surface area contributed by atoms with E-state index in [9.17, 15) is 9.59 Å². The van der Waals surface area contributed by atoms with E-state index in [1.807, 2.05) is 37.3 Å². The van der Waals surface area contributed by atoms with Crippen LogP contribution in [0.1, 0.15) is 51.4 Å². The van der Waals surface area contributed by atoms with Gasteiger partial charge in [-0.3, -0.25) is 9.59 Å². The van der Waals surface area contributed by atoms with E-state index in [-0.39, 0.29) is 24.4 Å². The van der Waals surface area contributed by atoms with Crippen molar-refractivity contribution in [3.05, 3.63) is 47.7 Å². The lowest BCUT2D eigenvalue weighted by molar-refractivity contribution is -0.136. The van der Waals surface area contributed by atoms with Crippen LogP contribution in [0.4, 0.5) is 5.82 Å². The van der Waals surface area contributed by atoms with Gasteiger partial charge >= 0.3 is 0 Å². The van der Waals surface area contributed by atoms with Crippen LogP contribution in [0.25, 0.3) is 0 Å². The summed E-state index contributed by atoms with van der Waals surface area (Å²) in [6.45, 7) is 11.1. The fraction of sp³-hybridized carbons (Fsp3) is 0.542. The van der Waals surface area contributed by atoms with Crippen LogP contribution in [0.2, 0.25) is 0 Å². The first kappa shape index (κ1) is 24.6. The molecule has 7 nitrogen and oxygen atoms in total. The number of nitrogens with zero attached hydrogens (tertiary/aromatic N) is 3. The Labute approximate surface area is 185 Å². The Bertz CT molecular complexity index is 802. The molecule has 2 aromatic rings. The first-order valence-corrected chi connectivity index (χ1v) is 11.2. The highest BCUT2D eigenvalue weighted by Gasteiger charge is 2.23. The second-order valence-electron chi connectivity index (χ2n) is 7.90. The van der Waals surface area contributed by atoms with Gasteiger partial charge < -0.3 is 19.6 Å². The van der Waals surface area contributed by atoms with Crippen molar-refractivity contribution in [1.29, 1.82) is 0 Å². The van der Waals surface area contributed by atoms with E-state index < -0.39 is 0 Å². The fourth-order valence-corrected chi connectivity index (χ4v) is 3.60. The molecule has 7 heteroatoms. The number of aryl methyl sites for hydroxylation is 2. The summed E-state index contributed by atoms with van der Waals surface area (Å²) in [6.07, 6.45) is 2.87. The highest BCUT2D eigenvalue weighted by molar-refractivity contribution is 5.93. The lowest BCUT2D eigenvalue weighted by atomic mass is 10.1. The Hall–Kier alpha value is -2.67. The van der Waals surface area contributed by atoms with Crippen molar-refractivity contribution in [2.45, 2.75) is 59.4 Å². The van der Waals surface area contributed by atoms with E-state index in [1.165, 1.54) is 0 Å². The Morgan fingerprint density at radius 3 is 2.48 bits per heavy atom. The molecule has 1 unspecified atom stereocenters. The third-order valence-electron chi connectivity index (χ3n) is 5.52. The van der Waals surface area contributed by atoms with Gasteiger partial charge in [0.2, 0.25) is 11.8 Å². The van der Waals surface area contributed by atoms with E-state index in [0.29, 0.717) is 24.4 Å². The largest absolute Gasteiger partial charge is 0.360 e. The summed E-state index contributed by atoms with van der Waals surface area (Å²) in [6, 6.07) is 11.6. The van der Waals surface area contributed by atoms with Crippen LogP contribution in [0.15, 0.2) is 40.9 Å². The van der Waals surface area contributed by atoms with Gasteiger partial charge in [-0.2, -0.15) is 0 Å². The topological polar surface area (TPSA) is 78.7 Å². The lowest BCUT2D eigenvalue weighted by Gasteiger charge is -2.29. The third-order valence-corrected chi connectivity index (χ3v) is 5.52. The molecule has 1 aromatic heterocycles. The van der Waals surface area contributed by atoms with Gasteiger partial charge in [0.1, 0.15) is 12.3 Å². The van der Waals surface area contributed by atoms with E-state index in [1.54, 1.807) is 17.9 Å². The number of rotatable bonds is 13. The molecule has 0 bridgehead atoms. The average Bonchev–Trinajstić information content (AvgIpc) is 3.18. The molecular weight excluding hydrogens is 392 g/mol. The maximum Gasteiger partial charge on any atom is 0.245 e. The predicted octanol–water partition coefficient (Wildman–Crippen LogP) is 3.89. The summed E-state index contributed by atoms with van der Waals surface area (Å²) < 4.78 is 5.00. The average molecular weight is 429 g/mol. The number of anilines is 1. The monoisotopic (exact) mass is 428 g/mol. The van der Waals surface area contributed by atoms with Crippen LogP contribution in [-0.4, -0.2) is 59.0 Å². The van der Waals surface area contributed by atoms with Crippen LogP contribution in [0.3, 0.4) is 0 Å². The molecule has 0 aliphatic carbocycles. The van der Waals surface area contributed by atoms with E-state index in [0.717, 1.165) is 38.0 Å². The normalized spacial score (nSPS) is 12.0. The van der Waals surface area contributed by atoms with Gasteiger partial charge in [-0.05, 0) is 58.3 Å². The Morgan fingerprint density at radius 1 is 1.16 bits per heavy atom. The van der Waals surface area contributed by atoms with Crippen LogP contribution in [-0.2, 0) is 16.0 Å². The minimum atomic E-state index is -0.267.